The summed E-state index contributed by atoms with van der Waals surface area (Å²) >= 11 is 0. The Morgan fingerprint density at radius 3 is 1.73 bits per heavy atom. The van der Waals surface area contributed by atoms with Gasteiger partial charge in [0.2, 0.25) is 53.2 Å². The highest BCUT2D eigenvalue weighted by Crippen LogP contribution is 2.21. The summed E-state index contributed by atoms with van der Waals surface area (Å²) in [5.41, 5.74) is -3.03. The van der Waals surface area contributed by atoms with Crippen molar-refractivity contribution in [2.45, 2.75) is 239 Å². The summed E-state index contributed by atoms with van der Waals surface area (Å²) in [6.45, 7) is 21.8. The summed E-state index contributed by atoms with van der Waals surface area (Å²) in [7, 11) is 3.79. The number of aliphatic hydroxyl groups excluding tert-OH is 1. The van der Waals surface area contributed by atoms with E-state index in [4.69, 9.17) is 0 Å². The van der Waals surface area contributed by atoms with Crippen molar-refractivity contribution >= 4 is 53.2 Å². The molecule has 20 heteroatoms. The molecule has 1 heterocycles. The van der Waals surface area contributed by atoms with Gasteiger partial charge in [0.25, 0.3) is 0 Å². The highest BCUT2D eigenvalue weighted by atomic mass is 16.3. The quantitative estimate of drug-likeness (QED) is 0.0416. The lowest BCUT2D eigenvalue weighted by molar-refractivity contribution is -0.140. The average molecular weight is 1040 g/mol. The summed E-state index contributed by atoms with van der Waals surface area (Å²) in [5.74, 6) is -5.23. The lowest BCUT2D eigenvalue weighted by Crippen LogP contribution is -2.65. The van der Waals surface area contributed by atoms with Gasteiger partial charge < -0.3 is 57.4 Å². The van der Waals surface area contributed by atoms with Crippen molar-refractivity contribution in [2.24, 2.45) is 11.8 Å². The standard InChI is InChI=1S/C53H98N10O10/c1-15-17-19-20-21-23-25-38(56-48(70)41-26-24-30-63(41)43(66)27-22-18-16-2)45(67)59-44(37(8)64)49(71)58-39(31-34(3)4)46(68)57-40(32-35(5)6)47(69)60-53(11,12)51(73)61-52(9,10)50(72)54-29-28-42(65)55-36(7)33-62(13)14/h34-41,44,64H,15-33H2,1-14H3,(H,54,72)(H,55,65)(H,56,70)(H,57,68)(H,58,71)(H,59,67)(H,60,69)(H,61,73)/t36?,37?,38?,39?,40?,41-,44?/m0/s1. The van der Waals surface area contributed by atoms with Crippen LogP contribution in [0.4, 0.5) is 0 Å². The number of hydrogen-bond acceptors (Lipinski definition) is 11. The molecule has 1 aliphatic heterocycles. The van der Waals surface area contributed by atoms with Gasteiger partial charge in [0.15, 0.2) is 0 Å². The maximum absolute atomic E-state index is 14.1. The Morgan fingerprint density at radius 1 is 0.616 bits per heavy atom. The van der Waals surface area contributed by atoms with Gasteiger partial charge in [-0.3, -0.25) is 43.2 Å². The number of likely N-dealkylation sites (N-methyl/N-ethyl adjacent to an activating group) is 1. The topological polar surface area (TPSA) is 277 Å². The van der Waals surface area contributed by atoms with Gasteiger partial charge in [-0.1, -0.05) is 92.9 Å². The van der Waals surface area contributed by atoms with E-state index < -0.39 is 88.7 Å². The van der Waals surface area contributed by atoms with E-state index >= 15 is 0 Å². The van der Waals surface area contributed by atoms with Crippen LogP contribution in [0.3, 0.4) is 0 Å². The number of nitrogens with one attached hydrogen (secondary N) is 8. The number of unbranched alkanes of at least 4 members (excludes halogenated alkanes) is 7. The van der Waals surface area contributed by atoms with Gasteiger partial charge in [0.05, 0.1) is 6.10 Å². The lowest BCUT2D eigenvalue weighted by Gasteiger charge is -2.33. The van der Waals surface area contributed by atoms with Gasteiger partial charge in [-0.2, -0.15) is 0 Å². The van der Waals surface area contributed by atoms with Gasteiger partial charge in [-0.25, -0.2) is 0 Å². The Labute approximate surface area is 437 Å². The van der Waals surface area contributed by atoms with Crippen LogP contribution in [-0.2, 0) is 43.2 Å². The number of aliphatic hydroxyl groups is 1. The molecule has 9 N–H and O–H groups in total. The third-order valence-electron chi connectivity index (χ3n) is 12.8. The Morgan fingerprint density at radius 2 is 1.15 bits per heavy atom. The van der Waals surface area contributed by atoms with Crippen molar-refractivity contribution in [3.05, 3.63) is 0 Å². The van der Waals surface area contributed by atoms with Crippen molar-refractivity contribution in [3.63, 3.8) is 0 Å². The maximum atomic E-state index is 14.1. The molecular formula is C53H98N10O10. The maximum Gasteiger partial charge on any atom is 0.246 e. The lowest BCUT2D eigenvalue weighted by atomic mass is 9.96. The van der Waals surface area contributed by atoms with Gasteiger partial charge >= 0.3 is 0 Å². The van der Waals surface area contributed by atoms with Gasteiger partial charge in [0, 0.05) is 38.5 Å². The summed E-state index contributed by atoms with van der Waals surface area (Å²) in [5, 5.41) is 32.8. The molecule has 0 aliphatic carbocycles. The summed E-state index contributed by atoms with van der Waals surface area (Å²) in [6, 6.07) is -5.82. The zero-order valence-electron chi connectivity index (χ0n) is 47.1. The average Bonchev–Trinajstić information content (AvgIpc) is 3.78. The fraction of sp³-hybridized carbons (Fsp3) is 0.830. The molecule has 73 heavy (non-hydrogen) atoms. The highest BCUT2D eigenvalue weighted by molar-refractivity contribution is 5.99. The largest absolute Gasteiger partial charge is 0.391 e. The zero-order valence-corrected chi connectivity index (χ0v) is 47.1. The van der Waals surface area contributed by atoms with Gasteiger partial charge in [0.1, 0.15) is 41.3 Å². The molecule has 1 fully saturated rings. The third-order valence-corrected chi connectivity index (χ3v) is 12.8. The zero-order chi connectivity index (χ0) is 55.6. The van der Waals surface area contributed by atoms with E-state index in [-0.39, 0.29) is 61.9 Å². The summed E-state index contributed by atoms with van der Waals surface area (Å²) in [4.78, 5) is 126. The van der Waals surface area contributed by atoms with E-state index in [1.165, 1.54) is 34.6 Å². The molecule has 7 atom stereocenters. The SMILES string of the molecule is CCCCCCCCC(NC(=O)[C@@H]1CCCN1C(=O)CCCCC)C(=O)NC(C(=O)NC(CC(C)C)C(=O)NC(CC(C)C)C(=O)NC(C)(C)C(=O)NC(C)(C)C(=O)NCCC(=O)NC(C)CN(C)C)C(C)O. The Balaban J connectivity index is 3.21. The molecule has 1 aliphatic rings. The minimum Gasteiger partial charge on any atom is -0.391 e. The molecule has 0 radical (unpaired) electrons. The minimum absolute atomic E-state index is 0.0303. The molecule has 6 unspecified atom stereocenters. The van der Waals surface area contributed by atoms with Gasteiger partial charge in [-0.05, 0) is 106 Å². The predicted molar refractivity (Wildman–Crippen MR) is 283 cm³/mol. The molecule has 9 amide bonds. The van der Waals surface area contributed by atoms with Crippen LogP contribution in [0.2, 0.25) is 0 Å². The van der Waals surface area contributed by atoms with Crippen molar-refractivity contribution in [1.82, 2.24) is 52.3 Å². The molecule has 0 bridgehead atoms. The molecule has 420 valence electrons. The molecule has 1 saturated heterocycles. The van der Waals surface area contributed by atoms with E-state index in [0.717, 1.165) is 51.4 Å². The van der Waals surface area contributed by atoms with E-state index in [1.807, 2.05) is 53.6 Å². The Kier molecular flexibility index (Phi) is 30.0. The highest BCUT2D eigenvalue weighted by Gasteiger charge is 2.40. The van der Waals surface area contributed by atoms with Crippen LogP contribution >= 0.6 is 0 Å². The molecular weight excluding hydrogens is 937 g/mol. The monoisotopic (exact) mass is 1030 g/mol. The first-order chi connectivity index (χ1) is 34.1. The fourth-order valence-corrected chi connectivity index (χ4v) is 8.67. The van der Waals surface area contributed by atoms with Crippen LogP contribution in [0.15, 0.2) is 0 Å². The van der Waals surface area contributed by atoms with Crippen LogP contribution in [0.25, 0.3) is 0 Å². The van der Waals surface area contributed by atoms with E-state index in [9.17, 15) is 48.3 Å². The van der Waals surface area contributed by atoms with Crippen molar-refractivity contribution in [2.75, 3.05) is 33.7 Å². The van der Waals surface area contributed by atoms with E-state index in [1.54, 1.807) is 4.90 Å². The van der Waals surface area contributed by atoms with Crippen molar-refractivity contribution in [1.29, 1.82) is 0 Å². The van der Waals surface area contributed by atoms with E-state index in [0.29, 0.717) is 38.8 Å². The molecule has 0 spiro atoms. The smallest absolute Gasteiger partial charge is 0.246 e. The van der Waals surface area contributed by atoms with E-state index in [2.05, 4.69) is 56.4 Å². The van der Waals surface area contributed by atoms with Crippen molar-refractivity contribution in [3.8, 4) is 0 Å². The number of carbonyl (C=O) groups is 9. The first-order valence-electron chi connectivity index (χ1n) is 27.1. The number of carbonyl (C=O) groups excluding carboxylic acids is 9. The summed E-state index contributed by atoms with van der Waals surface area (Å²) in [6.07, 6.45) is 8.72. The molecule has 0 aromatic carbocycles. The first kappa shape index (κ1) is 66.2. The number of likely N-dealkylation sites (tertiary alicyclic amines) is 1. The fourth-order valence-electron chi connectivity index (χ4n) is 8.67. The Bertz CT molecular complexity index is 1790. The van der Waals surface area contributed by atoms with Gasteiger partial charge in [-0.15, -0.1) is 0 Å². The predicted octanol–water partition coefficient (Wildman–Crippen LogP) is 3.08. The number of amides is 9. The Hall–Kier alpha value is -4.85. The minimum atomic E-state index is -1.58. The van der Waals surface area contributed by atoms with Crippen LogP contribution in [-0.4, -0.2) is 155 Å². The van der Waals surface area contributed by atoms with Crippen LogP contribution in [0.5, 0.6) is 0 Å². The first-order valence-corrected chi connectivity index (χ1v) is 27.1. The van der Waals surface area contributed by atoms with Crippen LogP contribution < -0.4 is 42.5 Å². The molecule has 0 aromatic heterocycles. The third kappa shape index (κ3) is 25.3. The molecule has 0 aromatic rings. The van der Waals surface area contributed by atoms with Crippen LogP contribution in [0, 0.1) is 11.8 Å². The van der Waals surface area contributed by atoms with Crippen LogP contribution in [0.1, 0.15) is 186 Å². The number of hydrogen-bond donors (Lipinski definition) is 9. The summed E-state index contributed by atoms with van der Waals surface area (Å²) < 4.78 is 0. The second kappa shape index (κ2) is 33.1. The molecule has 0 saturated carbocycles. The second-order valence-electron chi connectivity index (χ2n) is 22.4. The molecule has 20 nitrogen and oxygen atoms in total. The normalized spacial score (nSPS) is 16.4. The second-order valence-corrected chi connectivity index (χ2v) is 22.4. The number of nitrogens with zero attached hydrogens (tertiary/aromatic N) is 2. The molecule has 1 rings (SSSR count). The van der Waals surface area contributed by atoms with Crippen molar-refractivity contribution < 1.29 is 48.3 Å². The number of rotatable bonds is 35.